The maximum atomic E-state index is 12.4. The fraction of sp³-hybridized carbons (Fsp3) is 0.273. The predicted molar refractivity (Wildman–Crippen MR) is 106 cm³/mol. The van der Waals surface area contributed by atoms with Gasteiger partial charge in [0.25, 0.3) is 5.91 Å². The van der Waals surface area contributed by atoms with Crippen molar-refractivity contribution < 1.29 is 28.5 Å². The monoisotopic (exact) mass is 395 g/mol. The molecule has 150 valence electrons. The van der Waals surface area contributed by atoms with E-state index in [9.17, 15) is 9.59 Å². The van der Waals surface area contributed by atoms with Gasteiger partial charge in [0.15, 0.2) is 18.1 Å². The van der Waals surface area contributed by atoms with Crippen molar-refractivity contribution in [2.75, 3.05) is 38.4 Å². The molecular formula is C22H21NO6. The number of benzene rings is 2. The van der Waals surface area contributed by atoms with Gasteiger partial charge < -0.3 is 23.8 Å². The molecule has 1 amide bonds. The fourth-order valence-corrected chi connectivity index (χ4v) is 3.41. The highest BCUT2D eigenvalue weighted by Gasteiger charge is 2.24. The molecule has 0 fully saturated rings. The molecule has 0 aromatic heterocycles. The Hall–Kier alpha value is -3.48. The van der Waals surface area contributed by atoms with Gasteiger partial charge in [0.2, 0.25) is 5.75 Å². The number of esters is 1. The minimum Gasteiger partial charge on any atom is -0.493 e. The van der Waals surface area contributed by atoms with E-state index in [-0.39, 0.29) is 12.5 Å². The van der Waals surface area contributed by atoms with Gasteiger partial charge in [0.1, 0.15) is 13.2 Å². The largest absolute Gasteiger partial charge is 0.493 e. The van der Waals surface area contributed by atoms with Gasteiger partial charge in [-0.15, -0.1) is 0 Å². The van der Waals surface area contributed by atoms with Crippen molar-refractivity contribution in [2.45, 2.75) is 6.42 Å². The van der Waals surface area contributed by atoms with Crippen LogP contribution < -0.4 is 19.1 Å². The van der Waals surface area contributed by atoms with Crippen molar-refractivity contribution in [3.63, 3.8) is 0 Å². The Bertz CT molecular complexity index is 951. The van der Waals surface area contributed by atoms with Gasteiger partial charge in [-0.3, -0.25) is 4.79 Å². The Balaban J connectivity index is 1.36. The van der Waals surface area contributed by atoms with Crippen LogP contribution in [0.4, 0.5) is 5.69 Å². The lowest BCUT2D eigenvalue weighted by molar-refractivity contribution is -0.142. The first-order valence-electron chi connectivity index (χ1n) is 9.36. The van der Waals surface area contributed by atoms with Crippen molar-refractivity contribution >= 4 is 23.6 Å². The smallest absolute Gasteiger partial charge is 0.331 e. The molecule has 0 radical (unpaired) electrons. The number of hydrogen-bond donors (Lipinski definition) is 0. The lowest BCUT2D eigenvalue weighted by Crippen LogP contribution is -2.33. The second-order valence-electron chi connectivity index (χ2n) is 6.61. The highest BCUT2D eigenvalue weighted by Crippen LogP contribution is 2.40. The number of nitrogens with zero attached hydrogens (tertiary/aromatic N) is 1. The number of carbonyl (C=O) groups is 2. The molecule has 2 heterocycles. The number of rotatable bonds is 5. The summed E-state index contributed by atoms with van der Waals surface area (Å²) in [6.45, 7) is 1.21. The topological polar surface area (TPSA) is 74.3 Å². The second kappa shape index (κ2) is 8.26. The number of hydrogen-bond acceptors (Lipinski definition) is 6. The van der Waals surface area contributed by atoms with Gasteiger partial charge in [0.05, 0.1) is 7.11 Å². The van der Waals surface area contributed by atoms with Crippen LogP contribution in [0.5, 0.6) is 17.2 Å². The van der Waals surface area contributed by atoms with Gasteiger partial charge in [0, 0.05) is 18.3 Å². The van der Waals surface area contributed by atoms with E-state index < -0.39 is 5.97 Å². The van der Waals surface area contributed by atoms with E-state index in [4.69, 9.17) is 18.9 Å². The summed E-state index contributed by atoms with van der Waals surface area (Å²) in [4.78, 5) is 26.1. The van der Waals surface area contributed by atoms with E-state index in [1.165, 1.54) is 13.2 Å². The van der Waals surface area contributed by atoms with Gasteiger partial charge in [-0.2, -0.15) is 0 Å². The lowest BCUT2D eigenvalue weighted by Gasteiger charge is -2.20. The minimum atomic E-state index is -0.598. The molecule has 4 rings (SSSR count). The molecule has 0 unspecified atom stereocenters. The number of carbonyl (C=O) groups excluding carboxylic acids is 2. The molecule has 2 aliphatic rings. The van der Waals surface area contributed by atoms with Gasteiger partial charge >= 0.3 is 5.97 Å². The first-order chi connectivity index (χ1) is 14.2. The number of anilines is 1. The highest BCUT2D eigenvalue weighted by atomic mass is 16.6. The van der Waals surface area contributed by atoms with Gasteiger partial charge in [-0.05, 0) is 41.8 Å². The van der Waals surface area contributed by atoms with E-state index in [1.807, 2.05) is 24.3 Å². The second-order valence-corrected chi connectivity index (χ2v) is 6.61. The molecule has 0 saturated carbocycles. The van der Waals surface area contributed by atoms with E-state index in [0.717, 1.165) is 17.7 Å². The van der Waals surface area contributed by atoms with Crippen LogP contribution in [-0.2, 0) is 20.7 Å². The van der Waals surface area contributed by atoms with E-state index >= 15 is 0 Å². The van der Waals surface area contributed by atoms with E-state index in [1.54, 1.807) is 23.1 Å². The highest BCUT2D eigenvalue weighted by molar-refractivity contribution is 5.98. The first-order valence-corrected chi connectivity index (χ1v) is 9.36. The lowest BCUT2D eigenvalue weighted by atomic mass is 10.1. The third-order valence-corrected chi connectivity index (χ3v) is 4.79. The van der Waals surface area contributed by atoms with Crippen molar-refractivity contribution in [1.29, 1.82) is 0 Å². The van der Waals surface area contributed by atoms with Crippen LogP contribution in [0.2, 0.25) is 0 Å². The SMILES string of the molecule is COc1cc(/C=C/C(=O)OCC(=O)N2CCc3ccccc32)cc2c1OCCO2. The fourth-order valence-electron chi connectivity index (χ4n) is 3.41. The normalized spacial score (nSPS) is 14.6. The molecule has 7 heteroatoms. The molecule has 0 aliphatic carbocycles. The maximum absolute atomic E-state index is 12.4. The molecule has 0 spiro atoms. The number of fused-ring (bicyclic) bond motifs is 2. The summed E-state index contributed by atoms with van der Waals surface area (Å²) >= 11 is 0. The molecule has 0 atom stereocenters. The molecule has 0 saturated heterocycles. The molecular weight excluding hydrogens is 374 g/mol. The Morgan fingerprint density at radius 1 is 1.17 bits per heavy atom. The predicted octanol–water partition coefficient (Wildman–Crippen LogP) is 2.61. The standard InChI is InChI=1S/C22H21NO6/c1-26-18-12-15(13-19-22(18)28-11-10-27-19)6-7-21(25)29-14-20(24)23-9-8-16-4-2-3-5-17(16)23/h2-7,12-13H,8-11,14H2,1H3/b7-6+. The average Bonchev–Trinajstić information content (AvgIpc) is 3.19. The zero-order chi connectivity index (χ0) is 20.2. The van der Waals surface area contributed by atoms with Crippen molar-refractivity contribution in [1.82, 2.24) is 0 Å². The van der Waals surface area contributed by atoms with Crippen LogP contribution in [0.1, 0.15) is 11.1 Å². The quantitative estimate of drug-likeness (QED) is 0.572. The van der Waals surface area contributed by atoms with Gasteiger partial charge in [-0.1, -0.05) is 18.2 Å². The van der Waals surface area contributed by atoms with Crippen LogP contribution in [0.3, 0.4) is 0 Å². The van der Waals surface area contributed by atoms with Crippen molar-refractivity contribution in [3.8, 4) is 17.2 Å². The molecule has 0 bridgehead atoms. The Labute approximate surface area is 168 Å². The van der Waals surface area contributed by atoms with Crippen molar-refractivity contribution in [3.05, 3.63) is 53.6 Å². The summed E-state index contributed by atoms with van der Waals surface area (Å²) in [6, 6.07) is 11.2. The molecule has 2 aromatic carbocycles. The van der Waals surface area contributed by atoms with Crippen LogP contribution in [0, 0.1) is 0 Å². The molecule has 2 aliphatic heterocycles. The number of amides is 1. The molecule has 7 nitrogen and oxygen atoms in total. The third kappa shape index (κ3) is 4.03. The van der Waals surface area contributed by atoms with Gasteiger partial charge in [-0.25, -0.2) is 4.79 Å². The average molecular weight is 395 g/mol. The van der Waals surface area contributed by atoms with Crippen LogP contribution in [-0.4, -0.2) is 45.4 Å². The number of ether oxygens (including phenoxy) is 4. The zero-order valence-corrected chi connectivity index (χ0v) is 16.1. The maximum Gasteiger partial charge on any atom is 0.331 e. The van der Waals surface area contributed by atoms with Crippen molar-refractivity contribution in [2.24, 2.45) is 0 Å². The number of methoxy groups -OCH3 is 1. The summed E-state index contributed by atoms with van der Waals surface area (Å²) in [5.74, 6) is 0.803. The first kappa shape index (κ1) is 18.9. The Morgan fingerprint density at radius 2 is 2.00 bits per heavy atom. The molecule has 29 heavy (non-hydrogen) atoms. The number of para-hydroxylation sites is 1. The minimum absolute atomic E-state index is 0.238. The van der Waals surface area contributed by atoms with Crippen LogP contribution in [0.25, 0.3) is 6.08 Å². The van der Waals surface area contributed by atoms with Crippen LogP contribution in [0.15, 0.2) is 42.5 Å². The third-order valence-electron chi connectivity index (χ3n) is 4.79. The van der Waals surface area contributed by atoms with Crippen LogP contribution >= 0.6 is 0 Å². The zero-order valence-electron chi connectivity index (χ0n) is 16.1. The summed E-state index contributed by atoms with van der Waals surface area (Å²) in [7, 11) is 1.54. The molecule has 2 aromatic rings. The van der Waals surface area contributed by atoms with E-state index in [0.29, 0.717) is 42.6 Å². The Morgan fingerprint density at radius 3 is 2.86 bits per heavy atom. The Kier molecular flexibility index (Phi) is 5.37. The molecule has 0 N–H and O–H groups in total. The summed E-state index contributed by atoms with van der Waals surface area (Å²) in [5.41, 5.74) is 2.70. The summed E-state index contributed by atoms with van der Waals surface area (Å²) < 4.78 is 21.6. The summed E-state index contributed by atoms with van der Waals surface area (Å²) in [5, 5.41) is 0. The van der Waals surface area contributed by atoms with E-state index in [2.05, 4.69) is 0 Å². The summed E-state index contributed by atoms with van der Waals surface area (Å²) in [6.07, 6.45) is 3.66.